The number of benzene rings is 1. The molecular formula is C14H22ClNO4. The summed E-state index contributed by atoms with van der Waals surface area (Å²) in [5, 5.41) is 39.1. The zero-order valence-corrected chi connectivity index (χ0v) is 12.0. The minimum absolute atomic E-state index is 0. The van der Waals surface area contributed by atoms with Gasteiger partial charge in [-0.2, -0.15) is 0 Å². The van der Waals surface area contributed by atoms with E-state index in [9.17, 15) is 20.4 Å². The molecule has 20 heavy (non-hydrogen) atoms. The third-order valence-corrected chi connectivity index (χ3v) is 3.96. The number of halogens is 1. The first-order valence-corrected chi connectivity index (χ1v) is 6.69. The lowest BCUT2D eigenvalue weighted by Gasteiger charge is -2.31. The monoisotopic (exact) mass is 303 g/mol. The smallest absolute Gasteiger partial charge is 0.127 e. The Morgan fingerprint density at radius 3 is 2.00 bits per heavy atom. The molecule has 6 N–H and O–H groups in total. The Bertz CT molecular complexity index is 426. The predicted molar refractivity (Wildman–Crippen MR) is 78.2 cm³/mol. The quantitative estimate of drug-likeness (QED) is 0.588. The Kier molecular flexibility index (Phi) is 5.92. The number of phenols is 3. The van der Waals surface area contributed by atoms with Crippen LogP contribution < -0.4 is 5.73 Å². The van der Waals surface area contributed by atoms with E-state index in [1.807, 2.05) is 0 Å². The van der Waals surface area contributed by atoms with Crippen LogP contribution >= 0.6 is 12.4 Å². The van der Waals surface area contributed by atoms with Gasteiger partial charge in [-0.25, -0.2) is 0 Å². The summed E-state index contributed by atoms with van der Waals surface area (Å²) in [4.78, 5) is 0. The van der Waals surface area contributed by atoms with Crippen molar-refractivity contribution in [3.05, 3.63) is 17.7 Å². The van der Waals surface area contributed by atoms with E-state index in [2.05, 4.69) is 0 Å². The fourth-order valence-electron chi connectivity index (χ4n) is 2.89. The Balaban J connectivity index is 0.00000200. The molecule has 0 amide bonds. The minimum Gasteiger partial charge on any atom is -0.508 e. The first kappa shape index (κ1) is 16.9. The number of phenolic OH excluding ortho intramolecular Hbond substituents is 3. The molecule has 2 rings (SSSR count). The van der Waals surface area contributed by atoms with Crippen LogP contribution in [0.3, 0.4) is 0 Å². The largest absolute Gasteiger partial charge is 0.508 e. The summed E-state index contributed by atoms with van der Waals surface area (Å²) in [6.07, 6.45) is 4.34. The standard InChI is InChI=1S/C14H21NO4.ClH/c15-13(14(19)8-4-2-1-3-5-8)12-10(17)6-9(16)7-11(12)18;/h6-8,13-14,16-19H,1-5,15H2;1H/t13-,14+;/m0./s1. The average Bonchev–Trinajstić information content (AvgIpc) is 2.37. The summed E-state index contributed by atoms with van der Waals surface area (Å²) in [5.41, 5.74) is 6.06. The van der Waals surface area contributed by atoms with Gasteiger partial charge in [0.1, 0.15) is 17.2 Å². The van der Waals surface area contributed by atoms with Gasteiger partial charge in [0.15, 0.2) is 0 Å². The van der Waals surface area contributed by atoms with Gasteiger partial charge < -0.3 is 26.2 Å². The molecule has 0 heterocycles. The number of rotatable bonds is 3. The van der Waals surface area contributed by atoms with Gasteiger partial charge >= 0.3 is 0 Å². The molecule has 1 saturated carbocycles. The van der Waals surface area contributed by atoms with Crippen LogP contribution in [-0.2, 0) is 0 Å². The van der Waals surface area contributed by atoms with E-state index in [-0.39, 0.29) is 41.1 Å². The maximum atomic E-state index is 10.3. The molecule has 114 valence electrons. The van der Waals surface area contributed by atoms with Crippen molar-refractivity contribution in [2.75, 3.05) is 0 Å². The topological polar surface area (TPSA) is 107 Å². The normalized spacial score (nSPS) is 19.1. The van der Waals surface area contributed by atoms with Gasteiger partial charge in [-0.15, -0.1) is 12.4 Å². The molecule has 1 aromatic carbocycles. The van der Waals surface area contributed by atoms with Gasteiger partial charge in [-0.3, -0.25) is 0 Å². The minimum atomic E-state index is -0.858. The zero-order chi connectivity index (χ0) is 14.0. The summed E-state index contributed by atoms with van der Waals surface area (Å²) >= 11 is 0. The van der Waals surface area contributed by atoms with Crippen molar-refractivity contribution in [1.82, 2.24) is 0 Å². The fraction of sp³-hybridized carbons (Fsp3) is 0.571. The Hall–Kier alpha value is -1.17. The van der Waals surface area contributed by atoms with Crippen LogP contribution in [0.2, 0.25) is 0 Å². The molecule has 0 unspecified atom stereocenters. The van der Waals surface area contributed by atoms with E-state index < -0.39 is 12.1 Å². The van der Waals surface area contributed by atoms with Crippen molar-refractivity contribution in [2.24, 2.45) is 11.7 Å². The highest BCUT2D eigenvalue weighted by molar-refractivity contribution is 5.85. The molecule has 0 bridgehead atoms. The SMILES string of the molecule is Cl.N[C@@H](c1c(O)cc(O)cc1O)[C@H](O)C1CCCCC1. The predicted octanol–water partition coefficient (Wildman–Crippen LogP) is 2.17. The summed E-state index contributed by atoms with van der Waals surface area (Å²) in [6.45, 7) is 0. The van der Waals surface area contributed by atoms with Crippen molar-refractivity contribution in [3.63, 3.8) is 0 Å². The maximum Gasteiger partial charge on any atom is 0.127 e. The summed E-state index contributed by atoms with van der Waals surface area (Å²) in [5.74, 6) is -0.728. The highest BCUT2D eigenvalue weighted by atomic mass is 35.5. The summed E-state index contributed by atoms with van der Waals surface area (Å²) in [6, 6.07) is 1.37. The molecule has 1 aromatic rings. The molecule has 0 radical (unpaired) electrons. The summed E-state index contributed by atoms with van der Waals surface area (Å²) < 4.78 is 0. The van der Waals surface area contributed by atoms with Crippen molar-refractivity contribution in [1.29, 1.82) is 0 Å². The lowest BCUT2D eigenvalue weighted by Crippen LogP contribution is -2.34. The lowest BCUT2D eigenvalue weighted by atomic mass is 9.81. The van der Waals surface area contributed by atoms with Gasteiger partial charge in [-0.1, -0.05) is 19.3 Å². The first-order valence-electron chi connectivity index (χ1n) is 6.69. The van der Waals surface area contributed by atoms with Gasteiger partial charge in [0.05, 0.1) is 17.7 Å². The Morgan fingerprint density at radius 2 is 1.50 bits per heavy atom. The van der Waals surface area contributed by atoms with E-state index in [0.29, 0.717) is 0 Å². The third kappa shape index (κ3) is 3.48. The second kappa shape index (κ2) is 7.02. The molecule has 0 aromatic heterocycles. The van der Waals surface area contributed by atoms with Crippen molar-refractivity contribution in [2.45, 2.75) is 44.2 Å². The molecule has 2 atom stereocenters. The molecule has 1 fully saturated rings. The van der Waals surface area contributed by atoms with Crippen LogP contribution in [0.5, 0.6) is 17.2 Å². The van der Waals surface area contributed by atoms with Crippen molar-refractivity contribution in [3.8, 4) is 17.2 Å². The van der Waals surface area contributed by atoms with Crippen LogP contribution in [-0.4, -0.2) is 26.5 Å². The second-order valence-corrected chi connectivity index (χ2v) is 5.31. The molecule has 0 aliphatic heterocycles. The van der Waals surface area contributed by atoms with Crippen LogP contribution in [0.25, 0.3) is 0 Å². The van der Waals surface area contributed by atoms with E-state index in [1.54, 1.807) is 0 Å². The number of nitrogens with two attached hydrogens (primary N) is 1. The van der Waals surface area contributed by atoms with Gasteiger partial charge in [0.25, 0.3) is 0 Å². The van der Waals surface area contributed by atoms with Crippen molar-refractivity contribution < 1.29 is 20.4 Å². The zero-order valence-electron chi connectivity index (χ0n) is 11.2. The first-order chi connectivity index (χ1) is 9.00. The molecule has 5 nitrogen and oxygen atoms in total. The Labute approximate surface area is 124 Å². The fourth-order valence-corrected chi connectivity index (χ4v) is 2.89. The number of hydrogen-bond acceptors (Lipinski definition) is 5. The van der Waals surface area contributed by atoms with E-state index in [0.717, 1.165) is 37.8 Å². The Morgan fingerprint density at radius 1 is 1.00 bits per heavy atom. The number of aliphatic hydroxyl groups excluding tert-OH is 1. The van der Waals surface area contributed by atoms with E-state index in [1.165, 1.54) is 6.42 Å². The van der Waals surface area contributed by atoms with E-state index >= 15 is 0 Å². The molecule has 0 saturated heterocycles. The van der Waals surface area contributed by atoms with Crippen LogP contribution in [0.15, 0.2) is 12.1 Å². The molecule has 1 aliphatic rings. The number of aliphatic hydroxyl groups is 1. The number of aromatic hydroxyl groups is 3. The highest BCUT2D eigenvalue weighted by Crippen LogP contribution is 2.39. The number of hydrogen-bond donors (Lipinski definition) is 5. The maximum absolute atomic E-state index is 10.3. The molecule has 0 spiro atoms. The molecule has 6 heteroatoms. The van der Waals surface area contributed by atoms with Gasteiger partial charge in [0, 0.05) is 12.1 Å². The van der Waals surface area contributed by atoms with E-state index in [4.69, 9.17) is 5.73 Å². The highest BCUT2D eigenvalue weighted by Gasteiger charge is 2.30. The molecule has 1 aliphatic carbocycles. The van der Waals surface area contributed by atoms with Crippen LogP contribution in [0.1, 0.15) is 43.7 Å². The van der Waals surface area contributed by atoms with Gasteiger partial charge in [0.2, 0.25) is 0 Å². The third-order valence-electron chi connectivity index (χ3n) is 3.96. The summed E-state index contributed by atoms with van der Waals surface area (Å²) in [7, 11) is 0. The van der Waals surface area contributed by atoms with Crippen LogP contribution in [0.4, 0.5) is 0 Å². The molecular weight excluding hydrogens is 282 g/mol. The van der Waals surface area contributed by atoms with Crippen LogP contribution in [0, 0.1) is 5.92 Å². The average molecular weight is 304 g/mol. The second-order valence-electron chi connectivity index (χ2n) is 5.31. The van der Waals surface area contributed by atoms with Gasteiger partial charge in [-0.05, 0) is 18.8 Å². The lowest BCUT2D eigenvalue weighted by molar-refractivity contribution is 0.0603. The van der Waals surface area contributed by atoms with Crippen molar-refractivity contribution >= 4 is 12.4 Å².